The Hall–Kier alpha value is -2.83. The van der Waals surface area contributed by atoms with Crippen LogP contribution in [0, 0.1) is 0 Å². The van der Waals surface area contributed by atoms with Crippen molar-refractivity contribution < 1.29 is 14.3 Å². The molecule has 0 N–H and O–H groups in total. The zero-order valence-corrected chi connectivity index (χ0v) is 14.3. The second-order valence-corrected chi connectivity index (χ2v) is 5.89. The number of nitrogens with zero attached hydrogens (tertiary/aromatic N) is 3. The number of carbonyl (C=O) groups is 1. The van der Waals surface area contributed by atoms with Crippen molar-refractivity contribution in [1.82, 2.24) is 14.5 Å². The topological polar surface area (TPSA) is 73.7 Å². The Kier molecular flexibility index (Phi) is 5.02. The van der Waals surface area contributed by atoms with E-state index in [9.17, 15) is 9.59 Å². The molecule has 3 rings (SSSR count). The van der Waals surface area contributed by atoms with Crippen molar-refractivity contribution >= 4 is 5.91 Å². The molecule has 0 bridgehead atoms. The molecule has 7 heteroatoms. The first-order chi connectivity index (χ1) is 12.1. The standard InChI is InChI=1S/C18H21N3O4/c1-24-15-7-6-13(11-16(15)25-2)14-5-3-10-21(14)17(22)12-20-9-4-8-19-18(20)23/h4,6-9,11,14H,3,5,10,12H2,1-2H3/t14-/m0/s1. The van der Waals surface area contributed by atoms with Crippen molar-refractivity contribution in [3.63, 3.8) is 0 Å². The molecule has 0 radical (unpaired) electrons. The molecular formula is C18H21N3O4. The second kappa shape index (κ2) is 7.38. The highest BCUT2D eigenvalue weighted by Crippen LogP contribution is 2.36. The minimum absolute atomic E-state index is 0.00351. The van der Waals surface area contributed by atoms with E-state index in [1.165, 1.54) is 10.8 Å². The Morgan fingerprint density at radius 1 is 1.28 bits per heavy atom. The lowest BCUT2D eigenvalue weighted by molar-refractivity contribution is -0.132. The maximum absolute atomic E-state index is 12.7. The van der Waals surface area contributed by atoms with Crippen LogP contribution in [0.15, 0.2) is 41.5 Å². The average molecular weight is 343 g/mol. The van der Waals surface area contributed by atoms with Gasteiger partial charge >= 0.3 is 5.69 Å². The molecule has 1 atom stereocenters. The van der Waals surface area contributed by atoms with Gasteiger partial charge in [0.05, 0.1) is 20.3 Å². The lowest BCUT2D eigenvalue weighted by Gasteiger charge is -2.26. The summed E-state index contributed by atoms with van der Waals surface area (Å²) in [4.78, 5) is 29.9. The summed E-state index contributed by atoms with van der Waals surface area (Å²) < 4.78 is 12.0. The van der Waals surface area contributed by atoms with E-state index in [2.05, 4.69) is 4.98 Å². The van der Waals surface area contributed by atoms with Crippen LogP contribution >= 0.6 is 0 Å². The summed E-state index contributed by atoms with van der Waals surface area (Å²) in [5, 5.41) is 0. The SMILES string of the molecule is COc1ccc([C@@H]2CCCN2C(=O)Cn2cccnc2=O)cc1OC. The third kappa shape index (κ3) is 3.50. The first-order valence-corrected chi connectivity index (χ1v) is 8.17. The molecular weight excluding hydrogens is 322 g/mol. The van der Waals surface area contributed by atoms with Crippen LogP contribution in [0.2, 0.25) is 0 Å². The fraction of sp³-hybridized carbons (Fsp3) is 0.389. The minimum atomic E-state index is -0.419. The molecule has 0 aliphatic carbocycles. The van der Waals surface area contributed by atoms with Crippen molar-refractivity contribution in [2.45, 2.75) is 25.4 Å². The molecule has 1 aromatic carbocycles. The van der Waals surface area contributed by atoms with Gasteiger partial charge in [0.2, 0.25) is 5.91 Å². The molecule has 0 saturated carbocycles. The van der Waals surface area contributed by atoms with Gasteiger partial charge in [-0.05, 0) is 36.6 Å². The monoisotopic (exact) mass is 343 g/mol. The van der Waals surface area contributed by atoms with E-state index in [0.717, 1.165) is 18.4 Å². The van der Waals surface area contributed by atoms with E-state index in [1.807, 2.05) is 23.1 Å². The Morgan fingerprint density at radius 2 is 2.08 bits per heavy atom. The number of hydrogen-bond donors (Lipinski definition) is 0. The summed E-state index contributed by atoms with van der Waals surface area (Å²) >= 11 is 0. The summed E-state index contributed by atoms with van der Waals surface area (Å²) in [5.74, 6) is 1.21. The number of benzene rings is 1. The van der Waals surface area contributed by atoms with Crippen molar-refractivity contribution in [2.24, 2.45) is 0 Å². The molecule has 0 spiro atoms. The van der Waals surface area contributed by atoms with Gasteiger partial charge in [-0.2, -0.15) is 0 Å². The molecule has 1 amide bonds. The Balaban J connectivity index is 1.82. The number of rotatable bonds is 5. The Bertz CT molecular complexity index is 818. The highest BCUT2D eigenvalue weighted by atomic mass is 16.5. The predicted octanol–water partition coefficient (Wildman–Crippen LogP) is 1.62. The van der Waals surface area contributed by atoms with E-state index >= 15 is 0 Å². The quantitative estimate of drug-likeness (QED) is 0.825. The van der Waals surface area contributed by atoms with E-state index in [0.29, 0.717) is 18.0 Å². The summed E-state index contributed by atoms with van der Waals surface area (Å²) in [6.07, 6.45) is 4.80. The first kappa shape index (κ1) is 17.0. The van der Waals surface area contributed by atoms with E-state index in [1.54, 1.807) is 26.5 Å². The molecule has 25 heavy (non-hydrogen) atoms. The van der Waals surface area contributed by atoms with Crippen LogP contribution in [0.25, 0.3) is 0 Å². The number of carbonyl (C=O) groups excluding carboxylic acids is 1. The maximum Gasteiger partial charge on any atom is 0.347 e. The van der Waals surface area contributed by atoms with Gasteiger partial charge in [-0.25, -0.2) is 9.78 Å². The smallest absolute Gasteiger partial charge is 0.347 e. The van der Waals surface area contributed by atoms with E-state index in [-0.39, 0.29) is 18.5 Å². The van der Waals surface area contributed by atoms with Crippen LogP contribution in [0.1, 0.15) is 24.4 Å². The molecule has 0 unspecified atom stereocenters. The first-order valence-electron chi connectivity index (χ1n) is 8.17. The zero-order chi connectivity index (χ0) is 17.8. The largest absolute Gasteiger partial charge is 0.493 e. The molecule has 1 fully saturated rings. The third-order valence-electron chi connectivity index (χ3n) is 4.45. The lowest BCUT2D eigenvalue weighted by Crippen LogP contribution is -2.36. The second-order valence-electron chi connectivity index (χ2n) is 5.89. The summed E-state index contributed by atoms with van der Waals surface area (Å²) in [5.41, 5.74) is 0.583. The normalized spacial score (nSPS) is 16.7. The van der Waals surface area contributed by atoms with Crippen molar-refractivity contribution in [3.8, 4) is 11.5 Å². The van der Waals surface area contributed by atoms with Crippen LogP contribution in [0.3, 0.4) is 0 Å². The number of amides is 1. The van der Waals surface area contributed by atoms with Gasteiger partial charge in [-0.3, -0.25) is 9.36 Å². The Labute approximate surface area is 145 Å². The third-order valence-corrected chi connectivity index (χ3v) is 4.45. The molecule has 1 aliphatic heterocycles. The summed E-state index contributed by atoms with van der Waals surface area (Å²) in [7, 11) is 3.18. The van der Waals surface area contributed by atoms with Gasteiger partial charge in [0.1, 0.15) is 6.54 Å². The predicted molar refractivity (Wildman–Crippen MR) is 91.7 cm³/mol. The zero-order valence-electron chi connectivity index (χ0n) is 14.3. The number of methoxy groups -OCH3 is 2. The average Bonchev–Trinajstić information content (AvgIpc) is 3.13. The fourth-order valence-corrected chi connectivity index (χ4v) is 3.22. The number of ether oxygens (including phenoxy) is 2. The number of hydrogen-bond acceptors (Lipinski definition) is 5. The highest BCUT2D eigenvalue weighted by Gasteiger charge is 2.30. The van der Waals surface area contributed by atoms with Gasteiger partial charge in [0.25, 0.3) is 0 Å². The van der Waals surface area contributed by atoms with Gasteiger partial charge < -0.3 is 14.4 Å². The highest BCUT2D eigenvalue weighted by molar-refractivity contribution is 5.77. The van der Waals surface area contributed by atoms with Gasteiger partial charge in [-0.15, -0.1) is 0 Å². The molecule has 1 saturated heterocycles. The molecule has 7 nitrogen and oxygen atoms in total. The van der Waals surface area contributed by atoms with Crippen LogP contribution in [0.4, 0.5) is 0 Å². The minimum Gasteiger partial charge on any atom is -0.493 e. The Morgan fingerprint density at radius 3 is 2.80 bits per heavy atom. The molecule has 2 aromatic rings. The number of likely N-dealkylation sites (tertiary alicyclic amines) is 1. The van der Waals surface area contributed by atoms with Crippen LogP contribution in [-0.4, -0.2) is 41.1 Å². The maximum atomic E-state index is 12.7. The van der Waals surface area contributed by atoms with Crippen LogP contribution in [-0.2, 0) is 11.3 Å². The van der Waals surface area contributed by atoms with Crippen LogP contribution < -0.4 is 15.2 Å². The van der Waals surface area contributed by atoms with Gasteiger partial charge in [-0.1, -0.05) is 6.07 Å². The van der Waals surface area contributed by atoms with Crippen molar-refractivity contribution in [3.05, 3.63) is 52.7 Å². The fourth-order valence-electron chi connectivity index (χ4n) is 3.22. The number of aromatic nitrogens is 2. The lowest BCUT2D eigenvalue weighted by atomic mass is 10.0. The van der Waals surface area contributed by atoms with Gasteiger partial charge in [0.15, 0.2) is 11.5 Å². The molecule has 1 aliphatic rings. The summed E-state index contributed by atoms with van der Waals surface area (Å²) in [6, 6.07) is 7.32. The van der Waals surface area contributed by atoms with Crippen molar-refractivity contribution in [1.29, 1.82) is 0 Å². The van der Waals surface area contributed by atoms with Gasteiger partial charge in [0, 0.05) is 18.9 Å². The van der Waals surface area contributed by atoms with Crippen molar-refractivity contribution in [2.75, 3.05) is 20.8 Å². The molecule has 132 valence electrons. The molecule has 1 aromatic heterocycles. The van der Waals surface area contributed by atoms with E-state index < -0.39 is 5.69 Å². The van der Waals surface area contributed by atoms with E-state index in [4.69, 9.17) is 9.47 Å². The summed E-state index contributed by atoms with van der Waals surface area (Å²) in [6.45, 7) is 0.670. The molecule has 2 heterocycles. The van der Waals surface area contributed by atoms with Crippen LogP contribution in [0.5, 0.6) is 11.5 Å².